The van der Waals surface area contributed by atoms with Crippen molar-refractivity contribution in [2.45, 2.75) is 42.8 Å². The lowest BCUT2D eigenvalue weighted by atomic mass is 10.0. The van der Waals surface area contributed by atoms with E-state index in [1.54, 1.807) is 26.0 Å². The Kier molecular flexibility index (Phi) is 9.17. The molecule has 2 atom stereocenters. The van der Waals surface area contributed by atoms with E-state index in [0.717, 1.165) is 30.6 Å². The van der Waals surface area contributed by atoms with Crippen molar-refractivity contribution < 1.29 is 19.1 Å². The molecule has 0 spiro atoms. The maximum Gasteiger partial charge on any atom is 0.328 e. The van der Waals surface area contributed by atoms with Gasteiger partial charge in [0.25, 0.3) is 0 Å². The predicted molar refractivity (Wildman–Crippen MR) is 113 cm³/mol. The molecule has 2 rings (SSSR count). The predicted octanol–water partition coefficient (Wildman–Crippen LogP) is 4.63. The minimum absolute atomic E-state index is 0.0601. The highest BCUT2D eigenvalue weighted by Gasteiger charge is 2.26. The lowest BCUT2D eigenvalue weighted by Gasteiger charge is -2.22. The average Bonchev–Trinajstić information content (AvgIpc) is 2.75. The normalized spacial score (nSPS) is 12.9. The average molecular weight is 404 g/mol. The molecule has 0 amide bonds. The number of benzene rings is 2. The van der Waals surface area contributed by atoms with Gasteiger partial charge in [0.1, 0.15) is 0 Å². The number of methoxy groups -OCH3 is 2. The van der Waals surface area contributed by atoms with Gasteiger partial charge in [-0.05, 0) is 43.0 Å². The number of thioether (sulfide) groups is 1. The Morgan fingerprint density at radius 2 is 1.75 bits per heavy atom. The zero-order chi connectivity index (χ0) is 20.4. The van der Waals surface area contributed by atoms with Gasteiger partial charge in [-0.15, -0.1) is 11.8 Å². The van der Waals surface area contributed by atoms with Crippen molar-refractivity contribution in [3.63, 3.8) is 0 Å². The van der Waals surface area contributed by atoms with Crippen LogP contribution in [0, 0.1) is 5.92 Å². The third kappa shape index (κ3) is 6.46. The van der Waals surface area contributed by atoms with Crippen LogP contribution in [0.3, 0.4) is 0 Å². The van der Waals surface area contributed by atoms with E-state index in [-0.39, 0.29) is 17.1 Å². The van der Waals surface area contributed by atoms with Crippen LogP contribution in [0.25, 0.3) is 0 Å². The van der Waals surface area contributed by atoms with Crippen LogP contribution < -0.4 is 15.4 Å². The van der Waals surface area contributed by atoms with Crippen molar-refractivity contribution in [2.75, 3.05) is 14.2 Å². The topological polar surface area (TPSA) is 70.8 Å². The summed E-state index contributed by atoms with van der Waals surface area (Å²) in [5.74, 6) is 5.78. The summed E-state index contributed by atoms with van der Waals surface area (Å²) in [6, 6.07) is 16.2. The molecule has 0 aliphatic rings. The van der Waals surface area contributed by atoms with Gasteiger partial charge in [-0.1, -0.05) is 43.7 Å². The molecular weight excluding hydrogens is 374 g/mol. The maximum atomic E-state index is 12.0. The molecular formula is C22H29NO4S. The zero-order valence-electron chi connectivity index (χ0n) is 16.7. The van der Waals surface area contributed by atoms with Gasteiger partial charge >= 0.3 is 5.97 Å². The number of rotatable bonds is 11. The fourth-order valence-corrected chi connectivity index (χ4v) is 4.33. The van der Waals surface area contributed by atoms with Crippen molar-refractivity contribution in [1.82, 2.24) is 0 Å². The van der Waals surface area contributed by atoms with E-state index in [0.29, 0.717) is 11.5 Å². The Hall–Kier alpha value is -2.18. The molecule has 28 heavy (non-hydrogen) atoms. The Balaban J connectivity index is 2.01. The van der Waals surface area contributed by atoms with Gasteiger partial charge in [-0.2, -0.15) is 5.90 Å². The van der Waals surface area contributed by atoms with Gasteiger partial charge < -0.3 is 14.3 Å². The van der Waals surface area contributed by atoms with Crippen LogP contribution in [-0.4, -0.2) is 25.4 Å². The Morgan fingerprint density at radius 3 is 2.39 bits per heavy atom. The van der Waals surface area contributed by atoms with Crippen LogP contribution in [0.2, 0.25) is 0 Å². The van der Waals surface area contributed by atoms with Gasteiger partial charge in [0.2, 0.25) is 0 Å². The maximum absolute atomic E-state index is 12.0. The van der Waals surface area contributed by atoms with Gasteiger partial charge in [0.05, 0.1) is 20.1 Å². The fourth-order valence-electron chi connectivity index (χ4n) is 3.05. The summed E-state index contributed by atoms with van der Waals surface area (Å²) >= 11 is 1.64. The van der Waals surface area contributed by atoms with Crippen molar-refractivity contribution in [2.24, 2.45) is 11.8 Å². The van der Waals surface area contributed by atoms with E-state index in [9.17, 15) is 4.79 Å². The summed E-state index contributed by atoms with van der Waals surface area (Å²) in [6.45, 7) is 1.87. The first-order valence-corrected chi connectivity index (χ1v) is 10.3. The molecule has 152 valence electrons. The Bertz CT molecular complexity index is 739. The molecule has 5 nitrogen and oxygen atoms in total. The molecule has 2 aromatic rings. The smallest absolute Gasteiger partial charge is 0.328 e. The van der Waals surface area contributed by atoms with Crippen LogP contribution in [0.5, 0.6) is 11.5 Å². The molecule has 0 fully saturated rings. The van der Waals surface area contributed by atoms with Crippen LogP contribution in [0.15, 0.2) is 53.4 Å². The van der Waals surface area contributed by atoms with E-state index in [2.05, 4.69) is 29.1 Å². The summed E-state index contributed by atoms with van der Waals surface area (Å²) < 4.78 is 10.7. The van der Waals surface area contributed by atoms with Gasteiger partial charge in [-0.3, -0.25) is 4.79 Å². The van der Waals surface area contributed by atoms with E-state index in [4.69, 9.17) is 15.4 Å². The highest BCUT2D eigenvalue weighted by atomic mass is 32.2. The Labute approximate surface area is 171 Å². The van der Waals surface area contributed by atoms with Crippen LogP contribution in [0.1, 0.15) is 31.7 Å². The van der Waals surface area contributed by atoms with E-state index in [1.165, 1.54) is 5.56 Å². The fraction of sp³-hybridized carbons (Fsp3) is 0.409. The van der Waals surface area contributed by atoms with Crippen LogP contribution in [-0.2, 0) is 16.1 Å². The van der Waals surface area contributed by atoms with Gasteiger partial charge in [0, 0.05) is 10.1 Å². The highest BCUT2D eigenvalue weighted by Crippen LogP contribution is 2.37. The summed E-state index contributed by atoms with van der Waals surface area (Å²) in [6.07, 6.45) is 4.01. The summed E-state index contributed by atoms with van der Waals surface area (Å²) in [7, 11) is 3.22. The molecule has 6 heteroatoms. The molecule has 2 N–H and O–H groups in total. The number of carbonyl (C=O) groups excluding carboxylic acids is 1. The minimum Gasteiger partial charge on any atom is -0.493 e. The van der Waals surface area contributed by atoms with E-state index in [1.807, 2.05) is 31.2 Å². The third-order valence-corrected chi connectivity index (χ3v) is 6.21. The number of unbranched alkanes of at least 4 members (excludes halogenated alkanes) is 1. The zero-order valence-corrected chi connectivity index (χ0v) is 17.5. The molecule has 0 bridgehead atoms. The molecule has 0 aromatic heterocycles. The second-order valence-corrected chi connectivity index (χ2v) is 7.94. The van der Waals surface area contributed by atoms with Gasteiger partial charge in [0.15, 0.2) is 11.5 Å². The summed E-state index contributed by atoms with van der Waals surface area (Å²) in [5, 5.41) is 0.0601. The number of nitrogens with two attached hydrogens (primary N) is 1. The van der Waals surface area contributed by atoms with Crippen LogP contribution >= 0.6 is 11.8 Å². The number of hydrogen-bond acceptors (Lipinski definition) is 6. The molecule has 0 radical (unpaired) electrons. The second kappa shape index (κ2) is 11.6. The number of hydrogen-bond donors (Lipinski definition) is 1. The molecule has 0 heterocycles. The molecule has 0 saturated carbocycles. The van der Waals surface area contributed by atoms with Crippen LogP contribution in [0.4, 0.5) is 0 Å². The SMILES string of the molecule is COc1ccc(S[C@H](CCCCc2ccccc2)[C@@H](C)C(=O)ON)cc1OC. The largest absolute Gasteiger partial charge is 0.493 e. The first-order valence-electron chi connectivity index (χ1n) is 9.42. The molecule has 2 aromatic carbocycles. The molecule has 0 unspecified atom stereocenters. The molecule has 0 aliphatic carbocycles. The van der Waals surface area contributed by atoms with E-state index < -0.39 is 0 Å². The van der Waals surface area contributed by atoms with Crippen molar-refractivity contribution >= 4 is 17.7 Å². The number of carbonyl (C=O) groups is 1. The number of ether oxygens (including phenoxy) is 2. The molecule has 0 saturated heterocycles. The second-order valence-electron chi connectivity index (χ2n) is 6.63. The minimum atomic E-state index is -0.388. The van der Waals surface area contributed by atoms with Crippen molar-refractivity contribution in [3.8, 4) is 11.5 Å². The quantitative estimate of drug-likeness (QED) is 0.335. The monoisotopic (exact) mass is 403 g/mol. The van der Waals surface area contributed by atoms with Crippen molar-refractivity contribution in [3.05, 3.63) is 54.1 Å². The lowest BCUT2D eigenvalue weighted by molar-refractivity contribution is -0.148. The highest BCUT2D eigenvalue weighted by molar-refractivity contribution is 8.00. The van der Waals surface area contributed by atoms with E-state index >= 15 is 0 Å². The number of aryl methyl sites for hydroxylation is 1. The lowest BCUT2D eigenvalue weighted by Crippen LogP contribution is -2.27. The van der Waals surface area contributed by atoms with Gasteiger partial charge in [-0.25, -0.2) is 0 Å². The summed E-state index contributed by atoms with van der Waals surface area (Å²) in [4.78, 5) is 17.5. The third-order valence-electron chi connectivity index (χ3n) is 4.73. The summed E-state index contributed by atoms with van der Waals surface area (Å²) in [5.41, 5.74) is 1.33. The Morgan fingerprint density at radius 1 is 1.04 bits per heavy atom. The van der Waals surface area contributed by atoms with Crippen molar-refractivity contribution in [1.29, 1.82) is 0 Å². The molecule has 0 aliphatic heterocycles. The first-order chi connectivity index (χ1) is 13.6. The standard InChI is InChI=1S/C22H29NO4S/c1-16(22(24)27-23)21(12-8-7-11-17-9-5-4-6-10-17)28-18-13-14-19(25-2)20(15-18)26-3/h4-6,9-10,13-16,21H,7-8,11-12,23H2,1-3H3/t16-,21-/m1/s1. The first kappa shape index (κ1) is 22.1.